The molecule has 1 N–H and O–H groups in total. The molecule has 1 aliphatic carbocycles. The van der Waals surface area contributed by atoms with Crippen LogP contribution in [0.1, 0.15) is 76.3 Å². The highest BCUT2D eigenvalue weighted by molar-refractivity contribution is 5.80. The van der Waals surface area contributed by atoms with Crippen LogP contribution in [0.4, 0.5) is 4.79 Å². The molecule has 4 rings (SSSR count). The second kappa shape index (κ2) is 12.2. The van der Waals surface area contributed by atoms with Crippen molar-refractivity contribution in [1.82, 2.24) is 10.2 Å². The smallest absolute Gasteiger partial charge is 0.407 e. The summed E-state index contributed by atoms with van der Waals surface area (Å²) in [6, 6.07) is 16.5. The predicted molar refractivity (Wildman–Crippen MR) is 145 cm³/mol. The summed E-state index contributed by atoms with van der Waals surface area (Å²) in [7, 11) is 0. The summed E-state index contributed by atoms with van der Waals surface area (Å²) < 4.78 is 5.73. The Bertz CT molecular complexity index is 1030. The van der Waals surface area contributed by atoms with E-state index < -0.39 is 6.09 Å². The zero-order valence-corrected chi connectivity index (χ0v) is 21.9. The first kappa shape index (κ1) is 26.0. The lowest BCUT2D eigenvalue weighted by atomic mass is 9.96. The van der Waals surface area contributed by atoms with Crippen LogP contribution in [0, 0.1) is 5.92 Å². The minimum absolute atomic E-state index is 0.0208. The largest absolute Gasteiger partial charge is 0.449 e. The lowest BCUT2D eigenvalue weighted by Gasteiger charge is -2.35. The SMILES string of the molecule is CCCCCCN1C(=O)C[C@@H](NC(=O)OCC2c3ccccc3-c3ccccc32)C/C=C\[C@@H]1C(C)C. The maximum absolute atomic E-state index is 13.3. The van der Waals surface area contributed by atoms with E-state index in [4.69, 9.17) is 4.74 Å². The van der Waals surface area contributed by atoms with E-state index in [1.54, 1.807) is 0 Å². The van der Waals surface area contributed by atoms with Crippen molar-refractivity contribution in [2.45, 2.75) is 77.3 Å². The maximum atomic E-state index is 13.3. The fourth-order valence-corrected chi connectivity index (χ4v) is 5.55. The van der Waals surface area contributed by atoms with Gasteiger partial charge in [0.1, 0.15) is 6.61 Å². The van der Waals surface area contributed by atoms with E-state index >= 15 is 0 Å². The molecule has 0 radical (unpaired) electrons. The van der Waals surface area contributed by atoms with Crippen LogP contribution < -0.4 is 5.32 Å². The van der Waals surface area contributed by atoms with Crippen molar-refractivity contribution in [3.63, 3.8) is 0 Å². The fraction of sp³-hybridized carbons (Fsp3) is 0.484. The Balaban J connectivity index is 1.37. The van der Waals surface area contributed by atoms with Gasteiger partial charge in [-0.05, 0) is 41.0 Å². The Labute approximate surface area is 215 Å². The van der Waals surface area contributed by atoms with Crippen molar-refractivity contribution in [1.29, 1.82) is 0 Å². The molecule has 0 saturated carbocycles. The zero-order chi connectivity index (χ0) is 25.5. The van der Waals surface area contributed by atoms with E-state index in [0.717, 1.165) is 19.4 Å². The summed E-state index contributed by atoms with van der Waals surface area (Å²) in [4.78, 5) is 28.1. The number of nitrogens with one attached hydrogen (secondary N) is 1. The van der Waals surface area contributed by atoms with Crippen LogP contribution in [0.2, 0.25) is 0 Å². The topological polar surface area (TPSA) is 58.6 Å². The first-order valence-electron chi connectivity index (χ1n) is 13.6. The molecule has 0 spiro atoms. The summed E-state index contributed by atoms with van der Waals surface area (Å²) in [6.07, 6.45) is 9.24. The van der Waals surface area contributed by atoms with Gasteiger partial charge in [-0.1, -0.05) is 101 Å². The Morgan fingerprint density at radius 1 is 1.03 bits per heavy atom. The Morgan fingerprint density at radius 2 is 1.69 bits per heavy atom. The van der Waals surface area contributed by atoms with Crippen molar-refractivity contribution < 1.29 is 14.3 Å². The number of benzene rings is 2. The monoisotopic (exact) mass is 488 g/mol. The van der Waals surface area contributed by atoms with E-state index in [1.165, 1.54) is 35.1 Å². The Hall–Kier alpha value is -3.08. The fourth-order valence-electron chi connectivity index (χ4n) is 5.55. The van der Waals surface area contributed by atoms with Crippen molar-refractivity contribution >= 4 is 12.0 Å². The molecule has 2 aromatic rings. The van der Waals surface area contributed by atoms with Gasteiger partial charge >= 0.3 is 6.09 Å². The molecule has 0 aromatic heterocycles. The number of hydrogen-bond acceptors (Lipinski definition) is 3. The lowest BCUT2D eigenvalue weighted by molar-refractivity contribution is -0.134. The second-order valence-electron chi connectivity index (χ2n) is 10.4. The van der Waals surface area contributed by atoms with Crippen molar-refractivity contribution in [3.8, 4) is 11.1 Å². The molecule has 2 amide bonds. The minimum atomic E-state index is -0.460. The summed E-state index contributed by atoms with van der Waals surface area (Å²) in [5, 5.41) is 2.97. The van der Waals surface area contributed by atoms with Gasteiger partial charge in [-0.2, -0.15) is 0 Å². The standard InChI is InChI=1S/C31H40N2O3/c1-4-5-6-11-19-33-29(22(2)3)18-12-13-23(20-30(33)34)32-31(35)36-21-28-26-16-9-7-14-24(26)25-15-8-10-17-27(25)28/h7-10,12,14-18,22-23,28-29H,4-6,11,13,19-21H2,1-3H3,(H,32,35)/b18-12-/t23-,29+/m0/s1. The molecule has 192 valence electrons. The molecule has 2 aromatic carbocycles. The molecule has 1 heterocycles. The van der Waals surface area contributed by atoms with E-state index in [1.807, 2.05) is 29.2 Å². The third-order valence-corrected chi connectivity index (χ3v) is 7.46. The molecule has 5 nitrogen and oxygen atoms in total. The number of fused-ring (bicyclic) bond motifs is 3. The molecule has 2 aliphatic rings. The molecule has 0 bridgehead atoms. The molecule has 0 saturated heterocycles. The quantitative estimate of drug-likeness (QED) is 0.316. The van der Waals surface area contributed by atoms with Crippen LogP contribution in [-0.2, 0) is 9.53 Å². The molecular formula is C31H40N2O3. The number of hydrogen-bond donors (Lipinski definition) is 1. The summed E-state index contributed by atoms with van der Waals surface area (Å²) in [6.45, 7) is 7.56. The van der Waals surface area contributed by atoms with Gasteiger partial charge in [-0.3, -0.25) is 4.79 Å². The van der Waals surface area contributed by atoms with Gasteiger partial charge in [0.05, 0.1) is 6.04 Å². The number of carbonyl (C=O) groups excluding carboxylic acids is 2. The molecular weight excluding hydrogens is 448 g/mol. The molecule has 36 heavy (non-hydrogen) atoms. The maximum Gasteiger partial charge on any atom is 0.407 e. The third kappa shape index (κ3) is 6.00. The highest BCUT2D eigenvalue weighted by Gasteiger charge is 2.31. The van der Waals surface area contributed by atoms with Crippen molar-refractivity contribution in [3.05, 3.63) is 71.8 Å². The third-order valence-electron chi connectivity index (χ3n) is 7.46. The van der Waals surface area contributed by atoms with Crippen LogP contribution in [0.15, 0.2) is 60.7 Å². The van der Waals surface area contributed by atoms with Crippen LogP contribution in [-0.4, -0.2) is 42.1 Å². The highest BCUT2D eigenvalue weighted by atomic mass is 16.5. The van der Waals surface area contributed by atoms with Crippen molar-refractivity contribution in [2.75, 3.05) is 13.2 Å². The van der Waals surface area contributed by atoms with Gasteiger partial charge in [0.15, 0.2) is 0 Å². The van der Waals surface area contributed by atoms with E-state index in [9.17, 15) is 9.59 Å². The Morgan fingerprint density at radius 3 is 2.33 bits per heavy atom. The van der Waals surface area contributed by atoms with E-state index in [0.29, 0.717) is 18.8 Å². The van der Waals surface area contributed by atoms with Crippen molar-refractivity contribution in [2.24, 2.45) is 5.92 Å². The number of amides is 2. The minimum Gasteiger partial charge on any atom is -0.449 e. The van der Waals surface area contributed by atoms with Gasteiger partial charge in [0.2, 0.25) is 5.91 Å². The van der Waals surface area contributed by atoms with Gasteiger partial charge < -0.3 is 15.0 Å². The molecule has 1 aliphatic heterocycles. The van der Waals surface area contributed by atoms with Crippen LogP contribution in [0.5, 0.6) is 0 Å². The van der Waals surface area contributed by atoms with E-state index in [2.05, 4.69) is 62.5 Å². The van der Waals surface area contributed by atoms with Gasteiger partial charge in [0.25, 0.3) is 0 Å². The summed E-state index contributed by atoms with van der Waals surface area (Å²) in [5.74, 6) is 0.480. The number of nitrogens with zero attached hydrogens (tertiary/aromatic N) is 1. The number of unbranched alkanes of at least 4 members (excludes halogenated alkanes) is 3. The highest BCUT2D eigenvalue weighted by Crippen LogP contribution is 2.44. The average Bonchev–Trinajstić information content (AvgIpc) is 3.18. The first-order valence-corrected chi connectivity index (χ1v) is 13.6. The van der Waals surface area contributed by atoms with Gasteiger partial charge in [-0.15, -0.1) is 0 Å². The lowest BCUT2D eigenvalue weighted by Crippen LogP contribution is -2.47. The number of carbonyl (C=O) groups is 2. The van der Waals surface area contributed by atoms with Crippen LogP contribution in [0.3, 0.4) is 0 Å². The van der Waals surface area contributed by atoms with Gasteiger partial charge in [0, 0.05) is 24.9 Å². The zero-order valence-electron chi connectivity index (χ0n) is 21.9. The van der Waals surface area contributed by atoms with Gasteiger partial charge in [-0.25, -0.2) is 4.79 Å². The first-order chi connectivity index (χ1) is 17.5. The predicted octanol–water partition coefficient (Wildman–Crippen LogP) is 6.68. The number of ether oxygens (including phenoxy) is 1. The summed E-state index contributed by atoms with van der Waals surface area (Å²) >= 11 is 0. The number of alkyl carbamates (subject to hydrolysis) is 1. The van der Waals surface area contributed by atoms with Crippen LogP contribution >= 0.6 is 0 Å². The second-order valence-corrected chi connectivity index (χ2v) is 10.4. The molecule has 5 heteroatoms. The molecule has 0 fully saturated rings. The summed E-state index contributed by atoms with van der Waals surface area (Å²) in [5.41, 5.74) is 4.79. The van der Waals surface area contributed by atoms with Crippen LogP contribution in [0.25, 0.3) is 11.1 Å². The number of rotatable bonds is 9. The van der Waals surface area contributed by atoms with E-state index in [-0.39, 0.29) is 30.5 Å². The molecule has 2 atom stereocenters. The Kier molecular flexibility index (Phi) is 8.84. The average molecular weight is 489 g/mol. The molecule has 0 unspecified atom stereocenters. The normalized spacial score (nSPS) is 20.4.